The topological polar surface area (TPSA) is 35.5 Å². The molecule has 0 fully saturated rings. The lowest BCUT2D eigenvalue weighted by molar-refractivity contribution is 0.218. The highest BCUT2D eigenvalue weighted by molar-refractivity contribution is 7.33. The Bertz CT molecular complexity index is 691. The number of hydrogen-bond acceptors (Lipinski definition) is 3. The van der Waals surface area contributed by atoms with E-state index in [0.717, 1.165) is 12.8 Å². The molecule has 0 aliphatic heterocycles. The fourth-order valence-electron chi connectivity index (χ4n) is 9.03. The predicted molar refractivity (Wildman–Crippen MR) is 335 cm³/mol. The summed E-state index contributed by atoms with van der Waals surface area (Å²) in [6.07, 6.45) is 77.7. The lowest BCUT2D eigenvalue weighted by Gasteiger charge is -2.02. The second-order valence-electron chi connectivity index (χ2n) is 22.2. The van der Waals surface area contributed by atoms with Crippen LogP contribution in [0.2, 0.25) is 0 Å². The van der Waals surface area contributed by atoms with Crippen LogP contribution < -0.4 is 0 Å². The Morgan fingerprint density at radius 2 is 0.264 bits per heavy atom. The van der Waals surface area contributed by atoms with Crippen molar-refractivity contribution in [2.75, 3.05) is 13.2 Å². The minimum Gasteiger partial charge on any atom is -0.119 e. The summed E-state index contributed by atoms with van der Waals surface area (Å²) in [6, 6.07) is 0. The number of rotatable bonds is 56. The first-order valence-corrected chi connectivity index (χ1v) is 35.3. The zero-order valence-electron chi connectivity index (χ0n) is 52.7. The molecule has 440 valence electrons. The van der Waals surface area contributed by atoms with Crippen molar-refractivity contribution in [2.45, 2.75) is 429 Å². The van der Waals surface area contributed by atoms with Crippen LogP contribution in [0.5, 0.6) is 0 Å². The maximum absolute atomic E-state index is 11.7. The van der Waals surface area contributed by atoms with Gasteiger partial charge >= 0.3 is 8.25 Å². The molecular formula is C68H146O3P+. The lowest BCUT2D eigenvalue weighted by atomic mass is 10.1. The summed E-state index contributed by atoms with van der Waals surface area (Å²) in [5.41, 5.74) is 0. The third-order valence-electron chi connectivity index (χ3n) is 14.2. The Hall–Kier alpha value is 0.0200. The van der Waals surface area contributed by atoms with Crippen molar-refractivity contribution < 1.29 is 13.6 Å². The molecule has 0 radical (unpaired) electrons. The molecule has 0 saturated heterocycles. The van der Waals surface area contributed by atoms with Gasteiger partial charge in [-0.2, -0.15) is 0 Å². The van der Waals surface area contributed by atoms with Crippen LogP contribution in [0.1, 0.15) is 429 Å². The van der Waals surface area contributed by atoms with Gasteiger partial charge in [-0.1, -0.05) is 416 Å². The zero-order valence-corrected chi connectivity index (χ0v) is 53.6. The van der Waals surface area contributed by atoms with Crippen molar-refractivity contribution in [3.05, 3.63) is 0 Å². The van der Waals surface area contributed by atoms with Crippen LogP contribution in [0.25, 0.3) is 0 Å². The minimum absolute atomic E-state index is 0.574. The summed E-state index contributed by atoms with van der Waals surface area (Å²) in [4.78, 5) is 0. The maximum Gasteiger partial charge on any atom is 0.697 e. The Morgan fingerprint density at radius 1 is 0.167 bits per heavy atom. The van der Waals surface area contributed by atoms with Crippen molar-refractivity contribution in [1.82, 2.24) is 0 Å². The molecular weight excluding hydrogens is 896 g/mol. The van der Waals surface area contributed by atoms with E-state index in [9.17, 15) is 4.57 Å². The van der Waals surface area contributed by atoms with E-state index in [2.05, 4.69) is 69.2 Å². The fraction of sp³-hybridized carbons (Fsp3) is 1.00. The van der Waals surface area contributed by atoms with Gasteiger partial charge in [0.15, 0.2) is 0 Å². The SMILES string of the molecule is CCCCCCCCCC.CCCCCCCCCC.CCCCCCCCCC.CCCCCCCCCC.CCCCCCCCCCCCCCO[P+](=O)OCCCCCCCCCCCCCC. The summed E-state index contributed by atoms with van der Waals surface area (Å²) in [5.74, 6) is 0. The molecule has 0 amide bonds. The van der Waals surface area contributed by atoms with Gasteiger partial charge in [-0.25, -0.2) is 0 Å². The van der Waals surface area contributed by atoms with Gasteiger partial charge in [-0.05, 0) is 12.8 Å². The summed E-state index contributed by atoms with van der Waals surface area (Å²) >= 11 is 0. The molecule has 72 heavy (non-hydrogen) atoms. The zero-order chi connectivity index (χ0) is 54.0. The van der Waals surface area contributed by atoms with Crippen molar-refractivity contribution in [2.24, 2.45) is 0 Å². The van der Waals surface area contributed by atoms with E-state index in [1.54, 1.807) is 0 Å². The van der Waals surface area contributed by atoms with Crippen molar-refractivity contribution in [1.29, 1.82) is 0 Å². The van der Waals surface area contributed by atoms with Gasteiger partial charge in [0.2, 0.25) is 0 Å². The van der Waals surface area contributed by atoms with E-state index in [-0.39, 0.29) is 0 Å². The van der Waals surface area contributed by atoms with Crippen LogP contribution in [0.3, 0.4) is 0 Å². The smallest absolute Gasteiger partial charge is 0.119 e. The maximum atomic E-state index is 11.7. The van der Waals surface area contributed by atoms with E-state index in [1.807, 2.05) is 0 Å². The highest BCUT2D eigenvalue weighted by Crippen LogP contribution is 2.25. The minimum atomic E-state index is -1.91. The molecule has 0 heterocycles. The van der Waals surface area contributed by atoms with Crippen LogP contribution in [-0.4, -0.2) is 13.2 Å². The van der Waals surface area contributed by atoms with E-state index >= 15 is 0 Å². The van der Waals surface area contributed by atoms with E-state index in [4.69, 9.17) is 9.05 Å². The Kier molecular flexibility index (Phi) is 98.5. The first-order chi connectivity index (χ1) is 35.5. The molecule has 0 aromatic rings. The van der Waals surface area contributed by atoms with Crippen molar-refractivity contribution in [3.8, 4) is 0 Å². The van der Waals surface area contributed by atoms with Gasteiger partial charge in [0.05, 0.1) is 0 Å². The monoisotopic (exact) mass is 1040 g/mol. The average Bonchev–Trinajstić information content (AvgIpc) is 3.39. The van der Waals surface area contributed by atoms with Crippen molar-refractivity contribution in [3.63, 3.8) is 0 Å². The third-order valence-corrected chi connectivity index (χ3v) is 15.0. The van der Waals surface area contributed by atoms with Gasteiger partial charge in [0.25, 0.3) is 0 Å². The van der Waals surface area contributed by atoms with E-state index in [1.165, 1.54) is 347 Å². The largest absolute Gasteiger partial charge is 0.697 e. The molecule has 0 saturated carbocycles. The quantitative estimate of drug-likeness (QED) is 0.0450. The summed E-state index contributed by atoms with van der Waals surface area (Å²) < 4.78 is 22.4. The second-order valence-corrected chi connectivity index (χ2v) is 23.1. The molecule has 0 bridgehead atoms. The molecule has 4 heteroatoms. The van der Waals surface area contributed by atoms with Gasteiger partial charge in [-0.15, -0.1) is 9.05 Å². The molecule has 3 nitrogen and oxygen atoms in total. The first kappa shape index (κ1) is 80.9. The molecule has 0 spiro atoms. The second kappa shape index (κ2) is 87.7. The molecule has 0 aliphatic carbocycles. The van der Waals surface area contributed by atoms with E-state index < -0.39 is 8.25 Å². The normalized spacial score (nSPS) is 10.7. The van der Waals surface area contributed by atoms with Gasteiger partial charge in [0.1, 0.15) is 13.2 Å². The summed E-state index contributed by atoms with van der Waals surface area (Å²) in [6.45, 7) is 23.9. The summed E-state index contributed by atoms with van der Waals surface area (Å²) in [7, 11) is -1.91. The highest BCUT2D eigenvalue weighted by Gasteiger charge is 2.19. The molecule has 0 unspecified atom stereocenters. The third kappa shape index (κ3) is 99.1. The van der Waals surface area contributed by atoms with Gasteiger partial charge < -0.3 is 0 Å². The molecule has 0 atom stereocenters. The average molecular weight is 1040 g/mol. The van der Waals surface area contributed by atoms with Gasteiger partial charge in [-0.3, -0.25) is 0 Å². The molecule has 0 rings (SSSR count). The highest BCUT2D eigenvalue weighted by atomic mass is 31.1. The first-order valence-electron chi connectivity index (χ1n) is 34.2. The van der Waals surface area contributed by atoms with Crippen LogP contribution in [-0.2, 0) is 13.6 Å². The standard InChI is InChI=1S/C28H58O3P.4C10H22/c1-3-5-7-9-11-13-15-17-19-21-23-25-27-30-32(29)31-28-26-24-22-20-18-16-14-12-10-8-6-4-2;4*1-3-5-7-9-10-8-6-4-2/h3-28H2,1-2H3;4*3-10H2,1-2H3/q+1;;;;. The number of unbranched alkanes of at least 4 members (excludes halogenated alkanes) is 50. The molecule has 0 aliphatic rings. The van der Waals surface area contributed by atoms with Gasteiger partial charge in [0, 0.05) is 4.57 Å². The van der Waals surface area contributed by atoms with Crippen LogP contribution in [0.15, 0.2) is 0 Å². The van der Waals surface area contributed by atoms with Crippen LogP contribution >= 0.6 is 8.25 Å². The number of hydrogen-bond donors (Lipinski definition) is 0. The Balaban J connectivity index is -0.000000303. The molecule has 0 aromatic carbocycles. The molecule has 0 aromatic heterocycles. The summed E-state index contributed by atoms with van der Waals surface area (Å²) in [5, 5.41) is 0. The predicted octanol–water partition coefficient (Wildman–Crippen LogP) is 27.7. The Morgan fingerprint density at radius 3 is 0.375 bits per heavy atom. The Labute approximate surface area is 461 Å². The fourth-order valence-corrected chi connectivity index (χ4v) is 9.66. The van der Waals surface area contributed by atoms with Crippen molar-refractivity contribution >= 4 is 8.25 Å². The van der Waals surface area contributed by atoms with E-state index in [0.29, 0.717) is 13.2 Å². The van der Waals surface area contributed by atoms with Crippen LogP contribution in [0.4, 0.5) is 0 Å². The lowest BCUT2D eigenvalue weighted by Crippen LogP contribution is -1.92. The molecule has 0 N–H and O–H groups in total. The van der Waals surface area contributed by atoms with Crippen LogP contribution in [0, 0.1) is 0 Å².